The van der Waals surface area contributed by atoms with Crippen LogP contribution in [0.3, 0.4) is 0 Å². The molecule has 0 bridgehead atoms. The Labute approximate surface area is 148 Å². The molecule has 0 radical (unpaired) electrons. The van der Waals surface area contributed by atoms with Gasteiger partial charge in [-0.15, -0.1) is 0 Å². The van der Waals surface area contributed by atoms with E-state index in [1.165, 1.54) is 5.56 Å². The van der Waals surface area contributed by atoms with Crippen molar-refractivity contribution in [2.45, 2.75) is 38.7 Å². The number of pyridine rings is 1. The summed E-state index contributed by atoms with van der Waals surface area (Å²) in [7, 11) is 0. The smallest absolute Gasteiger partial charge is 0.321 e. The van der Waals surface area contributed by atoms with Crippen molar-refractivity contribution < 1.29 is 9.90 Å². The van der Waals surface area contributed by atoms with Crippen LogP contribution in [0.4, 0.5) is 10.5 Å². The van der Waals surface area contributed by atoms with E-state index in [4.69, 9.17) is 0 Å². The molecule has 5 nitrogen and oxygen atoms in total. The lowest BCUT2D eigenvalue weighted by molar-refractivity contribution is -0.0193. The Balaban J connectivity index is 1.61. The van der Waals surface area contributed by atoms with Crippen LogP contribution >= 0.6 is 0 Å². The lowest BCUT2D eigenvalue weighted by atomic mass is 9.87. The van der Waals surface area contributed by atoms with Crippen molar-refractivity contribution in [2.75, 3.05) is 18.4 Å². The summed E-state index contributed by atoms with van der Waals surface area (Å²) in [5.74, 6) is 0. The van der Waals surface area contributed by atoms with Gasteiger partial charge in [0.1, 0.15) is 5.60 Å². The Hall–Kier alpha value is -2.40. The van der Waals surface area contributed by atoms with Crippen LogP contribution in [-0.2, 0) is 12.0 Å². The average Bonchev–Trinajstić information content (AvgIpc) is 2.63. The quantitative estimate of drug-likeness (QED) is 0.900. The summed E-state index contributed by atoms with van der Waals surface area (Å²) in [5, 5.41) is 13.8. The fourth-order valence-corrected chi connectivity index (χ4v) is 3.15. The summed E-state index contributed by atoms with van der Waals surface area (Å²) in [5.41, 5.74) is 2.81. The minimum absolute atomic E-state index is 0.118. The largest absolute Gasteiger partial charge is 0.383 e. The number of aliphatic hydroxyl groups is 1. The van der Waals surface area contributed by atoms with Crippen LogP contribution in [0, 0.1) is 6.92 Å². The number of benzene rings is 1. The molecular formula is C20H25N3O2. The molecule has 0 spiro atoms. The number of carbonyl (C=O) groups excluding carboxylic acids is 1. The Bertz CT molecular complexity index is 735. The molecule has 0 saturated carbocycles. The zero-order chi connectivity index (χ0) is 17.9. The highest BCUT2D eigenvalue weighted by Crippen LogP contribution is 2.31. The lowest BCUT2D eigenvalue weighted by Crippen LogP contribution is -2.47. The molecule has 2 heterocycles. The molecule has 0 aliphatic carbocycles. The predicted molar refractivity (Wildman–Crippen MR) is 98.5 cm³/mol. The second-order valence-corrected chi connectivity index (χ2v) is 6.72. The Kier molecular flexibility index (Phi) is 5.04. The summed E-state index contributed by atoms with van der Waals surface area (Å²) in [6, 6.07) is 11.6. The summed E-state index contributed by atoms with van der Waals surface area (Å²) >= 11 is 0. The predicted octanol–water partition coefficient (Wildman–Crippen LogP) is 3.47. The van der Waals surface area contributed by atoms with Gasteiger partial charge in [-0.1, -0.05) is 25.1 Å². The Morgan fingerprint density at radius 2 is 2.04 bits per heavy atom. The molecule has 3 rings (SSSR count). The van der Waals surface area contributed by atoms with Gasteiger partial charge in [0, 0.05) is 25.0 Å². The first kappa shape index (κ1) is 17.4. The van der Waals surface area contributed by atoms with Gasteiger partial charge in [-0.25, -0.2) is 4.79 Å². The number of aromatic nitrogens is 1. The number of likely N-dealkylation sites (tertiary alicyclic amines) is 1. The number of nitrogens with one attached hydrogen (secondary N) is 1. The first-order valence-corrected chi connectivity index (χ1v) is 8.80. The zero-order valence-corrected chi connectivity index (χ0v) is 14.8. The third-order valence-corrected chi connectivity index (χ3v) is 4.85. The first-order chi connectivity index (χ1) is 12.0. The van der Waals surface area contributed by atoms with E-state index in [-0.39, 0.29) is 6.03 Å². The van der Waals surface area contributed by atoms with E-state index in [1.807, 2.05) is 43.3 Å². The maximum Gasteiger partial charge on any atom is 0.321 e. The summed E-state index contributed by atoms with van der Waals surface area (Å²) in [6.45, 7) is 5.07. The standard InChI is InChI=1S/C20H25N3O2/c1-3-16-5-4-6-17(13-16)22-19(24)23-11-9-20(25,10-12-23)18-8-7-15(2)14-21-18/h4-8,13-14,25H,3,9-12H2,1-2H3,(H,22,24). The number of aryl methyl sites for hydroxylation is 2. The molecule has 2 N–H and O–H groups in total. The molecule has 1 aliphatic heterocycles. The van der Waals surface area contributed by atoms with E-state index >= 15 is 0 Å². The number of hydrogen-bond acceptors (Lipinski definition) is 3. The molecule has 2 aromatic rings. The van der Waals surface area contributed by atoms with Crippen molar-refractivity contribution in [3.05, 3.63) is 59.4 Å². The SMILES string of the molecule is CCc1cccc(NC(=O)N2CCC(O)(c3ccc(C)cn3)CC2)c1. The molecule has 1 saturated heterocycles. The summed E-state index contributed by atoms with van der Waals surface area (Å²) in [6.07, 6.45) is 3.69. The minimum Gasteiger partial charge on any atom is -0.383 e. The number of piperidine rings is 1. The molecule has 25 heavy (non-hydrogen) atoms. The van der Waals surface area contributed by atoms with Gasteiger partial charge in [0.25, 0.3) is 0 Å². The van der Waals surface area contributed by atoms with Crippen LogP contribution in [0.25, 0.3) is 0 Å². The second kappa shape index (κ2) is 7.23. The zero-order valence-electron chi connectivity index (χ0n) is 14.8. The van der Waals surface area contributed by atoms with Crippen LogP contribution in [-0.4, -0.2) is 34.1 Å². The maximum atomic E-state index is 12.5. The van der Waals surface area contributed by atoms with Gasteiger partial charge in [0.15, 0.2) is 0 Å². The maximum absolute atomic E-state index is 12.5. The Morgan fingerprint density at radius 1 is 1.28 bits per heavy atom. The van der Waals surface area contributed by atoms with E-state index in [9.17, 15) is 9.90 Å². The fraction of sp³-hybridized carbons (Fsp3) is 0.400. The number of nitrogens with zero attached hydrogens (tertiary/aromatic N) is 2. The Morgan fingerprint density at radius 3 is 2.68 bits per heavy atom. The van der Waals surface area contributed by atoms with Crippen molar-refractivity contribution >= 4 is 11.7 Å². The summed E-state index contributed by atoms with van der Waals surface area (Å²) < 4.78 is 0. The van der Waals surface area contributed by atoms with Crippen molar-refractivity contribution in [3.8, 4) is 0 Å². The highest BCUT2D eigenvalue weighted by atomic mass is 16.3. The van der Waals surface area contributed by atoms with E-state index < -0.39 is 5.60 Å². The van der Waals surface area contributed by atoms with Gasteiger partial charge in [-0.05, 0) is 55.5 Å². The highest BCUT2D eigenvalue weighted by molar-refractivity contribution is 5.89. The normalized spacial score (nSPS) is 16.5. The van der Waals surface area contributed by atoms with Crippen molar-refractivity contribution in [3.63, 3.8) is 0 Å². The van der Waals surface area contributed by atoms with Crippen LogP contribution in [0.5, 0.6) is 0 Å². The van der Waals surface area contributed by atoms with E-state index in [2.05, 4.69) is 17.2 Å². The van der Waals surface area contributed by atoms with Crippen LogP contribution in [0.1, 0.15) is 36.6 Å². The molecule has 1 aliphatic rings. The van der Waals surface area contributed by atoms with E-state index in [0.29, 0.717) is 31.6 Å². The van der Waals surface area contributed by atoms with E-state index in [1.54, 1.807) is 11.1 Å². The molecule has 1 aromatic heterocycles. The van der Waals surface area contributed by atoms with Gasteiger partial charge >= 0.3 is 6.03 Å². The fourth-order valence-electron chi connectivity index (χ4n) is 3.15. The molecule has 5 heteroatoms. The number of urea groups is 1. The molecule has 1 fully saturated rings. The highest BCUT2D eigenvalue weighted by Gasteiger charge is 2.36. The van der Waals surface area contributed by atoms with Gasteiger partial charge < -0.3 is 15.3 Å². The van der Waals surface area contributed by atoms with Crippen molar-refractivity contribution in [1.29, 1.82) is 0 Å². The van der Waals surface area contributed by atoms with Gasteiger partial charge in [-0.2, -0.15) is 0 Å². The van der Waals surface area contributed by atoms with Crippen LogP contribution in [0.15, 0.2) is 42.6 Å². The summed E-state index contributed by atoms with van der Waals surface area (Å²) in [4.78, 5) is 18.6. The average molecular weight is 339 g/mol. The van der Waals surface area contributed by atoms with Gasteiger partial charge in [-0.3, -0.25) is 4.98 Å². The van der Waals surface area contributed by atoms with Crippen molar-refractivity contribution in [2.24, 2.45) is 0 Å². The monoisotopic (exact) mass is 339 g/mol. The number of hydrogen-bond donors (Lipinski definition) is 2. The number of rotatable bonds is 3. The second-order valence-electron chi connectivity index (χ2n) is 6.72. The molecular weight excluding hydrogens is 314 g/mol. The van der Waals surface area contributed by atoms with Crippen molar-refractivity contribution in [1.82, 2.24) is 9.88 Å². The third kappa shape index (κ3) is 3.99. The van der Waals surface area contributed by atoms with Gasteiger partial charge in [0.05, 0.1) is 5.69 Å². The lowest BCUT2D eigenvalue weighted by Gasteiger charge is -2.37. The van der Waals surface area contributed by atoms with Crippen LogP contribution in [0.2, 0.25) is 0 Å². The van der Waals surface area contributed by atoms with Gasteiger partial charge in [0.2, 0.25) is 0 Å². The molecule has 2 amide bonds. The number of anilines is 1. The van der Waals surface area contributed by atoms with Crippen LogP contribution < -0.4 is 5.32 Å². The topological polar surface area (TPSA) is 65.5 Å². The molecule has 1 aromatic carbocycles. The number of amides is 2. The first-order valence-electron chi connectivity index (χ1n) is 8.80. The third-order valence-electron chi connectivity index (χ3n) is 4.85. The number of carbonyl (C=O) groups is 1. The molecule has 132 valence electrons. The molecule has 0 atom stereocenters. The van der Waals surface area contributed by atoms with E-state index in [0.717, 1.165) is 17.7 Å². The molecule has 0 unspecified atom stereocenters. The minimum atomic E-state index is -0.952.